The highest BCUT2D eigenvalue weighted by Gasteiger charge is 2.23. The van der Waals surface area contributed by atoms with Crippen molar-refractivity contribution in [3.63, 3.8) is 0 Å². The van der Waals surface area contributed by atoms with E-state index in [4.69, 9.17) is 5.84 Å². The predicted octanol–water partition coefficient (Wildman–Crippen LogP) is 2.22. The molecule has 0 saturated carbocycles. The smallest absolute Gasteiger partial charge is 0.258 e. The first-order chi connectivity index (χ1) is 15.8. The second-order valence-corrected chi connectivity index (χ2v) is 9.99. The first-order valence-electron chi connectivity index (χ1n) is 10.3. The molecule has 4 rings (SSSR count). The van der Waals surface area contributed by atoms with Crippen LogP contribution in [0.2, 0.25) is 0 Å². The van der Waals surface area contributed by atoms with Gasteiger partial charge in [0.1, 0.15) is 5.82 Å². The van der Waals surface area contributed by atoms with Crippen LogP contribution in [0.4, 0.5) is 0 Å². The minimum Gasteiger partial charge on any atom is -0.335 e. The second kappa shape index (κ2) is 9.33. The number of nitrogens with zero attached hydrogens (tertiary/aromatic N) is 5. The molecule has 4 aromatic rings. The molecule has 0 fully saturated rings. The third kappa shape index (κ3) is 4.49. The summed E-state index contributed by atoms with van der Waals surface area (Å²) in [6.07, 6.45) is 0. The number of H-pyrrole nitrogens is 1. The Bertz CT molecular complexity index is 1460. The summed E-state index contributed by atoms with van der Waals surface area (Å²) >= 11 is 1.26. The number of nitrogen functional groups attached to an aromatic ring is 1. The van der Waals surface area contributed by atoms with Crippen LogP contribution in [0.5, 0.6) is 0 Å². The van der Waals surface area contributed by atoms with E-state index < -0.39 is 10.0 Å². The van der Waals surface area contributed by atoms with Gasteiger partial charge in [-0.3, -0.25) is 4.79 Å². The standard InChI is InChI=1S/C21H23N7O3S2/c1-3-27(4-2)33(30,31)15-9-7-8-14(12-15)19-25-26-21(28(19)22)32-13-18-23-17-11-6-5-10-16(17)20(29)24-18/h5-12H,3-4,13,22H2,1-2H3,(H,23,24,29). The van der Waals surface area contributed by atoms with Gasteiger partial charge in [-0.2, -0.15) is 4.31 Å². The van der Waals surface area contributed by atoms with Gasteiger partial charge in [0.2, 0.25) is 15.2 Å². The van der Waals surface area contributed by atoms with Gasteiger partial charge >= 0.3 is 0 Å². The van der Waals surface area contributed by atoms with Crippen molar-refractivity contribution in [3.8, 4) is 11.4 Å². The number of hydrogen-bond donors (Lipinski definition) is 2. The monoisotopic (exact) mass is 485 g/mol. The van der Waals surface area contributed by atoms with Gasteiger partial charge in [0.25, 0.3) is 5.56 Å². The number of rotatable bonds is 8. The van der Waals surface area contributed by atoms with E-state index in [9.17, 15) is 13.2 Å². The minimum atomic E-state index is -3.62. The molecule has 0 aliphatic rings. The van der Waals surface area contributed by atoms with Crippen molar-refractivity contribution < 1.29 is 8.42 Å². The molecule has 0 amide bonds. The molecule has 0 aliphatic heterocycles. The summed E-state index contributed by atoms with van der Waals surface area (Å²) in [5.41, 5.74) is 0.928. The molecule has 0 unspecified atom stereocenters. The van der Waals surface area contributed by atoms with Gasteiger partial charge in [0, 0.05) is 18.7 Å². The SMILES string of the molecule is CCN(CC)S(=O)(=O)c1cccc(-c2nnc(SCc3nc4ccccc4c(=O)[nH]3)n2N)c1. The lowest BCUT2D eigenvalue weighted by atomic mass is 10.2. The molecule has 3 N–H and O–H groups in total. The van der Waals surface area contributed by atoms with Crippen LogP contribution in [0.3, 0.4) is 0 Å². The van der Waals surface area contributed by atoms with E-state index in [2.05, 4.69) is 20.2 Å². The number of aromatic amines is 1. The molecule has 12 heteroatoms. The van der Waals surface area contributed by atoms with Crippen molar-refractivity contribution in [3.05, 3.63) is 64.7 Å². The highest BCUT2D eigenvalue weighted by molar-refractivity contribution is 7.98. The number of nitrogens with one attached hydrogen (secondary N) is 1. The normalized spacial score (nSPS) is 12.0. The Labute approximate surface area is 194 Å². The summed E-state index contributed by atoms with van der Waals surface area (Å²) in [6, 6.07) is 13.6. The van der Waals surface area contributed by atoms with Crippen molar-refractivity contribution in [1.29, 1.82) is 0 Å². The van der Waals surface area contributed by atoms with E-state index in [0.717, 1.165) is 0 Å². The molecule has 0 aliphatic carbocycles. The number of thioether (sulfide) groups is 1. The van der Waals surface area contributed by atoms with Gasteiger partial charge in [-0.05, 0) is 24.3 Å². The molecule has 33 heavy (non-hydrogen) atoms. The van der Waals surface area contributed by atoms with Gasteiger partial charge in [0.05, 0.1) is 21.6 Å². The molecule has 10 nitrogen and oxygen atoms in total. The van der Waals surface area contributed by atoms with E-state index in [-0.39, 0.29) is 10.5 Å². The molecule has 2 aromatic carbocycles. The topological polar surface area (TPSA) is 140 Å². The maximum Gasteiger partial charge on any atom is 0.258 e. The third-order valence-electron chi connectivity index (χ3n) is 5.10. The zero-order valence-corrected chi connectivity index (χ0v) is 19.7. The zero-order valence-electron chi connectivity index (χ0n) is 18.1. The van der Waals surface area contributed by atoms with Crippen molar-refractivity contribution in [2.24, 2.45) is 0 Å². The highest BCUT2D eigenvalue weighted by Crippen LogP contribution is 2.26. The summed E-state index contributed by atoms with van der Waals surface area (Å²) in [7, 11) is -3.62. The second-order valence-electron chi connectivity index (χ2n) is 7.11. The van der Waals surface area contributed by atoms with Gasteiger partial charge in [-0.1, -0.05) is 49.9 Å². The molecule has 0 bridgehead atoms. The molecule has 0 atom stereocenters. The van der Waals surface area contributed by atoms with E-state index in [1.807, 2.05) is 6.07 Å². The Morgan fingerprint density at radius 1 is 1.09 bits per heavy atom. The van der Waals surface area contributed by atoms with E-state index in [1.54, 1.807) is 50.2 Å². The van der Waals surface area contributed by atoms with Crippen LogP contribution in [0.15, 0.2) is 63.4 Å². The number of hydrogen-bond acceptors (Lipinski definition) is 8. The maximum atomic E-state index is 12.9. The molecule has 0 spiro atoms. The first-order valence-corrected chi connectivity index (χ1v) is 12.7. The Morgan fingerprint density at radius 3 is 2.61 bits per heavy atom. The number of aromatic nitrogens is 5. The molecular formula is C21H23N7O3S2. The molecule has 0 saturated heterocycles. The number of fused-ring (bicyclic) bond motifs is 1. The van der Waals surface area contributed by atoms with E-state index in [0.29, 0.717) is 52.1 Å². The Balaban J connectivity index is 1.58. The van der Waals surface area contributed by atoms with Gasteiger partial charge in [0.15, 0.2) is 5.82 Å². The van der Waals surface area contributed by atoms with Crippen LogP contribution in [-0.2, 0) is 15.8 Å². The molecule has 0 radical (unpaired) electrons. The summed E-state index contributed by atoms with van der Waals surface area (Å²) < 4.78 is 28.4. The maximum absolute atomic E-state index is 12.9. The summed E-state index contributed by atoms with van der Waals surface area (Å²) in [5.74, 6) is 7.35. The Morgan fingerprint density at radius 2 is 1.85 bits per heavy atom. The average molecular weight is 486 g/mol. The Hall–Kier alpha value is -3.22. The van der Waals surface area contributed by atoms with Crippen LogP contribution in [0.25, 0.3) is 22.3 Å². The van der Waals surface area contributed by atoms with Crippen LogP contribution < -0.4 is 11.4 Å². The van der Waals surface area contributed by atoms with Crippen LogP contribution >= 0.6 is 11.8 Å². The summed E-state index contributed by atoms with van der Waals surface area (Å²) in [4.78, 5) is 19.7. The van der Waals surface area contributed by atoms with Gasteiger partial charge < -0.3 is 10.8 Å². The quantitative estimate of drug-likeness (QED) is 0.286. The van der Waals surface area contributed by atoms with E-state index >= 15 is 0 Å². The van der Waals surface area contributed by atoms with Gasteiger partial charge in [-0.15, -0.1) is 10.2 Å². The number of para-hydroxylation sites is 1. The lowest BCUT2D eigenvalue weighted by Gasteiger charge is -2.18. The number of sulfonamides is 1. The summed E-state index contributed by atoms with van der Waals surface area (Å²) in [5, 5.41) is 9.19. The lowest BCUT2D eigenvalue weighted by Crippen LogP contribution is -2.30. The van der Waals surface area contributed by atoms with Crippen LogP contribution in [0.1, 0.15) is 19.7 Å². The predicted molar refractivity (Wildman–Crippen MR) is 128 cm³/mol. The molecule has 2 heterocycles. The highest BCUT2D eigenvalue weighted by atomic mass is 32.2. The fourth-order valence-corrected chi connectivity index (χ4v) is 5.65. The zero-order chi connectivity index (χ0) is 23.6. The molecular weight excluding hydrogens is 462 g/mol. The van der Waals surface area contributed by atoms with Crippen molar-refractivity contribution >= 4 is 32.7 Å². The van der Waals surface area contributed by atoms with Crippen LogP contribution in [-0.4, -0.2) is 50.7 Å². The number of benzene rings is 2. The largest absolute Gasteiger partial charge is 0.335 e. The molecule has 2 aromatic heterocycles. The Kier molecular flexibility index (Phi) is 6.49. The van der Waals surface area contributed by atoms with Crippen molar-refractivity contribution in [2.75, 3.05) is 18.9 Å². The average Bonchev–Trinajstić information content (AvgIpc) is 3.18. The van der Waals surface area contributed by atoms with Crippen molar-refractivity contribution in [2.45, 2.75) is 29.7 Å². The van der Waals surface area contributed by atoms with E-state index in [1.165, 1.54) is 26.8 Å². The minimum absolute atomic E-state index is 0.166. The van der Waals surface area contributed by atoms with Crippen LogP contribution in [0, 0.1) is 0 Å². The molecule has 172 valence electrons. The fraction of sp³-hybridized carbons (Fsp3) is 0.238. The third-order valence-corrected chi connectivity index (χ3v) is 8.10. The fourth-order valence-electron chi connectivity index (χ4n) is 3.42. The first kappa shape index (κ1) is 23.0. The lowest BCUT2D eigenvalue weighted by molar-refractivity contribution is 0.445. The van der Waals surface area contributed by atoms with Gasteiger partial charge in [-0.25, -0.2) is 18.1 Å². The van der Waals surface area contributed by atoms with Crippen molar-refractivity contribution in [1.82, 2.24) is 29.1 Å². The number of nitrogens with two attached hydrogens (primary N) is 1. The summed E-state index contributed by atoms with van der Waals surface area (Å²) in [6.45, 7) is 4.34.